The average molecular weight is 428 g/mol. The molecule has 3 nitrogen and oxygen atoms in total. The highest BCUT2D eigenvalue weighted by molar-refractivity contribution is 7.23. The SMILES string of the molecule is c1ccc(-c2cc3ccc4c(c5ccccc5n4-c4ncc5ccccc5n4)c3s2)cc1. The van der Waals surface area contributed by atoms with Gasteiger partial charge in [0.1, 0.15) is 0 Å². The van der Waals surface area contributed by atoms with Crippen LogP contribution in [0.2, 0.25) is 0 Å². The molecule has 3 heterocycles. The highest BCUT2D eigenvalue weighted by Crippen LogP contribution is 2.42. The Morgan fingerprint density at radius 3 is 2.44 bits per heavy atom. The number of hydrogen-bond donors (Lipinski definition) is 0. The quantitative estimate of drug-likeness (QED) is 0.284. The standard InChI is InChI=1S/C28H17N3S/c1-2-8-18(9-3-1)25-16-19-14-15-24-26(27(19)32-25)21-11-5-7-13-23(21)31(24)28-29-17-20-10-4-6-12-22(20)30-28/h1-17H. The molecule has 4 heteroatoms. The summed E-state index contributed by atoms with van der Waals surface area (Å²) in [5, 5.41) is 4.81. The van der Waals surface area contributed by atoms with Gasteiger partial charge in [-0.15, -0.1) is 11.3 Å². The van der Waals surface area contributed by atoms with Crippen LogP contribution in [0, 0.1) is 0 Å². The molecule has 0 aliphatic carbocycles. The largest absolute Gasteiger partial charge is 0.278 e. The van der Waals surface area contributed by atoms with Gasteiger partial charge in [-0.25, -0.2) is 9.97 Å². The minimum absolute atomic E-state index is 0.703. The number of aromatic nitrogens is 3. The first-order valence-electron chi connectivity index (χ1n) is 10.6. The fourth-order valence-corrected chi connectivity index (χ4v) is 5.80. The van der Waals surface area contributed by atoms with Crippen LogP contribution < -0.4 is 0 Å². The molecule has 0 unspecified atom stereocenters. The van der Waals surface area contributed by atoms with Crippen molar-refractivity contribution in [1.82, 2.24) is 14.5 Å². The van der Waals surface area contributed by atoms with E-state index in [1.807, 2.05) is 41.8 Å². The molecular formula is C28H17N3S. The van der Waals surface area contributed by atoms with Gasteiger partial charge in [0.2, 0.25) is 5.95 Å². The Hall–Kier alpha value is -4.02. The van der Waals surface area contributed by atoms with Crippen molar-refractivity contribution in [2.75, 3.05) is 0 Å². The molecule has 0 atom stereocenters. The van der Waals surface area contributed by atoms with Crippen LogP contribution in [0.1, 0.15) is 0 Å². The summed E-state index contributed by atoms with van der Waals surface area (Å²) in [4.78, 5) is 10.9. The molecule has 3 aromatic heterocycles. The molecule has 0 bridgehead atoms. The van der Waals surface area contributed by atoms with E-state index in [9.17, 15) is 0 Å². The third kappa shape index (κ3) is 2.53. The van der Waals surface area contributed by atoms with Gasteiger partial charge in [0.15, 0.2) is 0 Å². The van der Waals surface area contributed by atoms with Crippen molar-refractivity contribution < 1.29 is 0 Å². The van der Waals surface area contributed by atoms with E-state index in [0.717, 1.165) is 21.9 Å². The molecule has 0 saturated carbocycles. The monoisotopic (exact) mass is 427 g/mol. The van der Waals surface area contributed by atoms with Crippen LogP contribution in [0.25, 0.3) is 59.2 Å². The average Bonchev–Trinajstić information content (AvgIpc) is 3.43. The van der Waals surface area contributed by atoms with Crippen LogP contribution >= 0.6 is 11.3 Å². The zero-order valence-electron chi connectivity index (χ0n) is 17.1. The Balaban J connectivity index is 1.57. The first kappa shape index (κ1) is 17.6. The van der Waals surface area contributed by atoms with Crippen LogP contribution in [0.15, 0.2) is 103 Å². The molecule has 32 heavy (non-hydrogen) atoms. The molecule has 0 aliphatic rings. The summed E-state index contributed by atoms with van der Waals surface area (Å²) in [5.41, 5.74) is 4.46. The Labute approximate surface area is 188 Å². The molecule has 0 spiro atoms. The molecule has 4 aromatic carbocycles. The van der Waals surface area contributed by atoms with Crippen molar-refractivity contribution >= 4 is 54.1 Å². The maximum absolute atomic E-state index is 4.91. The smallest absolute Gasteiger partial charge is 0.235 e. The number of benzene rings is 4. The van der Waals surface area contributed by atoms with Crippen molar-refractivity contribution in [3.8, 4) is 16.4 Å². The van der Waals surface area contributed by atoms with E-state index >= 15 is 0 Å². The maximum atomic E-state index is 4.91. The molecule has 150 valence electrons. The van der Waals surface area contributed by atoms with Crippen LogP contribution in [0.4, 0.5) is 0 Å². The van der Waals surface area contributed by atoms with Gasteiger partial charge in [-0.2, -0.15) is 0 Å². The Bertz CT molecular complexity index is 1780. The summed E-state index contributed by atoms with van der Waals surface area (Å²) in [6.45, 7) is 0. The molecule has 0 radical (unpaired) electrons. The minimum atomic E-state index is 0.703. The van der Waals surface area contributed by atoms with Crippen molar-refractivity contribution in [2.45, 2.75) is 0 Å². The molecule has 0 amide bonds. The van der Waals surface area contributed by atoms with Crippen molar-refractivity contribution in [3.05, 3.63) is 103 Å². The Kier molecular flexibility index (Phi) is 3.72. The molecule has 7 aromatic rings. The predicted molar refractivity (Wildman–Crippen MR) is 135 cm³/mol. The molecule has 7 rings (SSSR count). The van der Waals surface area contributed by atoms with Gasteiger partial charge in [0, 0.05) is 31.9 Å². The first-order valence-corrected chi connectivity index (χ1v) is 11.4. The van der Waals surface area contributed by atoms with E-state index in [1.54, 1.807) is 0 Å². The van der Waals surface area contributed by atoms with Crippen molar-refractivity contribution in [2.24, 2.45) is 0 Å². The molecule has 0 saturated heterocycles. The third-order valence-electron chi connectivity index (χ3n) is 6.05. The van der Waals surface area contributed by atoms with Crippen LogP contribution in [0.5, 0.6) is 0 Å². The van der Waals surface area contributed by atoms with E-state index < -0.39 is 0 Å². The molecule has 0 N–H and O–H groups in total. The van der Waals surface area contributed by atoms with Crippen LogP contribution in [0.3, 0.4) is 0 Å². The zero-order valence-corrected chi connectivity index (χ0v) is 17.9. The van der Waals surface area contributed by atoms with Crippen LogP contribution in [-0.2, 0) is 0 Å². The van der Waals surface area contributed by atoms with Gasteiger partial charge in [0.05, 0.1) is 16.6 Å². The summed E-state index contributed by atoms with van der Waals surface area (Å²) in [5.74, 6) is 0.703. The number of thiophene rings is 1. The summed E-state index contributed by atoms with van der Waals surface area (Å²) in [6.07, 6.45) is 1.91. The van der Waals surface area contributed by atoms with Crippen molar-refractivity contribution in [1.29, 1.82) is 0 Å². The van der Waals surface area contributed by atoms with E-state index in [0.29, 0.717) is 5.95 Å². The number of fused-ring (bicyclic) bond motifs is 6. The number of nitrogens with zero attached hydrogens (tertiary/aromatic N) is 3. The highest BCUT2D eigenvalue weighted by Gasteiger charge is 2.18. The molecule has 0 aliphatic heterocycles. The number of rotatable bonds is 2. The number of para-hydroxylation sites is 2. The van der Waals surface area contributed by atoms with E-state index in [-0.39, 0.29) is 0 Å². The topological polar surface area (TPSA) is 30.7 Å². The fraction of sp³-hybridized carbons (Fsp3) is 0. The summed E-state index contributed by atoms with van der Waals surface area (Å²) in [6, 6.07) is 34.0. The maximum Gasteiger partial charge on any atom is 0.235 e. The predicted octanol–water partition coefficient (Wildman–Crippen LogP) is 7.61. The Morgan fingerprint density at radius 1 is 0.688 bits per heavy atom. The number of hydrogen-bond acceptors (Lipinski definition) is 3. The Morgan fingerprint density at radius 2 is 1.50 bits per heavy atom. The lowest BCUT2D eigenvalue weighted by Gasteiger charge is -2.06. The van der Waals surface area contributed by atoms with E-state index in [1.165, 1.54) is 31.3 Å². The van der Waals surface area contributed by atoms with E-state index in [4.69, 9.17) is 9.97 Å². The second-order valence-electron chi connectivity index (χ2n) is 7.94. The molecule has 0 fully saturated rings. The lowest BCUT2D eigenvalue weighted by molar-refractivity contribution is 1.01. The lowest BCUT2D eigenvalue weighted by Crippen LogP contribution is -2.00. The second-order valence-corrected chi connectivity index (χ2v) is 8.99. The zero-order chi connectivity index (χ0) is 21.1. The third-order valence-corrected chi connectivity index (χ3v) is 7.27. The summed E-state index contributed by atoms with van der Waals surface area (Å²) < 4.78 is 3.50. The van der Waals surface area contributed by atoms with Gasteiger partial charge in [-0.1, -0.05) is 72.8 Å². The summed E-state index contributed by atoms with van der Waals surface area (Å²) in [7, 11) is 0. The summed E-state index contributed by atoms with van der Waals surface area (Å²) >= 11 is 1.85. The van der Waals surface area contributed by atoms with Gasteiger partial charge in [-0.3, -0.25) is 4.57 Å². The lowest BCUT2D eigenvalue weighted by atomic mass is 10.1. The van der Waals surface area contributed by atoms with Crippen molar-refractivity contribution in [3.63, 3.8) is 0 Å². The van der Waals surface area contributed by atoms with Crippen LogP contribution in [-0.4, -0.2) is 14.5 Å². The second kappa shape index (κ2) is 6.74. The van der Waals surface area contributed by atoms with Gasteiger partial charge < -0.3 is 0 Å². The normalized spacial score (nSPS) is 11.8. The fourth-order valence-electron chi connectivity index (χ4n) is 4.58. The van der Waals surface area contributed by atoms with E-state index in [2.05, 4.69) is 77.4 Å². The highest BCUT2D eigenvalue weighted by atomic mass is 32.1. The minimum Gasteiger partial charge on any atom is -0.278 e. The first-order chi connectivity index (χ1) is 15.9. The van der Waals surface area contributed by atoms with Gasteiger partial charge in [0.25, 0.3) is 0 Å². The van der Waals surface area contributed by atoms with Gasteiger partial charge in [-0.05, 0) is 35.2 Å². The van der Waals surface area contributed by atoms with Gasteiger partial charge >= 0.3 is 0 Å². The molecular weight excluding hydrogens is 410 g/mol.